The fourth-order valence-corrected chi connectivity index (χ4v) is 1.21. The van der Waals surface area contributed by atoms with Gasteiger partial charge in [0.05, 0.1) is 5.56 Å². The Morgan fingerprint density at radius 3 is 2.56 bits per heavy atom. The highest BCUT2D eigenvalue weighted by molar-refractivity contribution is 5.65. The third-order valence-corrected chi connectivity index (χ3v) is 1.98. The number of hydrogen-bond donors (Lipinski definition) is 1. The Kier molecular flexibility index (Phi) is 3.41. The lowest BCUT2D eigenvalue weighted by Gasteiger charge is -2.13. The van der Waals surface area contributed by atoms with E-state index in [1.54, 1.807) is 0 Å². The van der Waals surface area contributed by atoms with Crippen molar-refractivity contribution in [3.8, 4) is 0 Å². The van der Waals surface area contributed by atoms with Gasteiger partial charge in [-0.1, -0.05) is 12.1 Å². The van der Waals surface area contributed by atoms with Crippen molar-refractivity contribution in [2.24, 2.45) is 5.73 Å². The van der Waals surface area contributed by atoms with Crippen LogP contribution in [0, 0.1) is 0 Å². The van der Waals surface area contributed by atoms with E-state index in [1.165, 1.54) is 19.1 Å². The molecular weight excluding hydrogens is 223 g/mol. The van der Waals surface area contributed by atoms with Crippen LogP contribution in [0.25, 0.3) is 0 Å². The van der Waals surface area contributed by atoms with Gasteiger partial charge in [-0.15, -0.1) is 0 Å². The Morgan fingerprint density at radius 1 is 1.44 bits per heavy atom. The minimum absolute atomic E-state index is 0.244. The van der Waals surface area contributed by atoms with Crippen LogP contribution in [-0.2, 0) is 10.9 Å². The average molecular weight is 233 g/mol. The first-order valence-electron chi connectivity index (χ1n) is 4.44. The Balaban J connectivity index is 2.94. The van der Waals surface area contributed by atoms with E-state index in [2.05, 4.69) is 4.74 Å². The second kappa shape index (κ2) is 4.42. The number of rotatable bonds is 2. The smallest absolute Gasteiger partial charge is 0.416 e. The Morgan fingerprint density at radius 2 is 2.06 bits per heavy atom. The number of ether oxygens (including phenoxy) is 1. The van der Waals surface area contributed by atoms with Crippen molar-refractivity contribution in [2.75, 3.05) is 0 Å². The first-order chi connectivity index (χ1) is 7.30. The average Bonchev–Trinajstić information content (AvgIpc) is 2.15. The Bertz CT molecular complexity index is 390. The van der Waals surface area contributed by atoms with Gasteiger partial charge in [0.15, 0.2) is 0 Å². The summed E-state index contributed by atoms with van der Waals surface area (Å²) in [6.45, 7) is 1.44. The van der Waals surface area contributed by atoms with Crippen LogP contribution in [0.3, 0.4) is 0 Å². The largest absolute Gasteiger partial charge is 0.442 e. The van der Waals surface area contributed by atoms with E-state index in [-0.39, 0.29) is 5.56 Å². The number of benzene rings is 1. The van der Waals surface area contributed by atoms with Crippen LogP contribution in [-0.4, -0.2) is 6.09 Å². The molecule has 0 aromatic heterocycles. The van der Waals surface area contributed by atoms with Gasteiger partial charge in [-0.3, -0.25) is 0 Å². The third-order valence-electron chi connectivity index (χ3n) is 1.98. The van der Waals surface area contributed by atoms with Crippen molar-refractivity contribution in [2.45, 2.75) is 19.2 Å². The SMILES string of the molecule is CC(OC(N)=O)c1cccc(C(F)(F)F)c1. The van der Waals surface area contributed by atoms with Crippen LogP contribution < -0.4 is 5.73 Å². The van der Waals surface area contributed by atoms with E-state index in [0.29, 0.717) is 0 Å². The number of hydrogen-bond acceptors (Lipinski definition) is 2. The molecule has 0 radical (unpaired) electrons. The van der Waals surface area contributed by atoms with Crippen LogP contribution in [0.1, 0.15) is 24.2 Å². The summed E-state index contributed by atoms with van der Waals surface area (Å²) in [4.78, 5) is 10.4. The summed E-state index contributed by atoms with van der Waals surface area (Å²) in [5.41, 5.74) is 4.23. The fraction of sp³-hybridized carbons (Fsp3) is 0.300. The monoisotopic (exact) mass is 233 g/mol. The topological polar surface area (TPSA) is 52.3 Å². The number of nitrogens with two attached hydrogens (primary N) is 1. The standard InChI is InChI=1S/C10H10F3NO2/c1-6(16-9(14)15)7-3-2-4-8(5-7)10(11,12)13/h2-6H,1H3,(H2,14,15). The summed E-state index contributed by atoms with van der Waals surface area (Å²) in [5.74, 6) is 0. The molecule has 1 unspecified atom stereocenters. The van der Waals surface area contributed by atoms with Crippen LogP contribution in [0.15, 0.2) is 24.3 Å². The molecule has 0 aliphatic heterocycles. The van der Waals surface area contributed by atoms with Crippen LogP contribution in [0.5, 0.6) is 0 Å². The van der Waals surface area contributed by atoms with Gasteiger partial charge in [0.1, 0.15) is 6.10 Å². The predicted molar refractivity (Wildman–Crippen MR) is 50.5 cm³/mol. The zero-order chi connectivity index (χ0) is 12.3. The van der Waals surface area contributed by atoms with Crippen molar-refractivity contribution >= 4 is 6.09 Å². The predicted octanol–water partition coefficient (Wildman–Crippen LogP) is 2.86. The fourth-order valence-electron chi connectivity index (χ4n) is 1.21. The molecule has 16 heavy (non-hydrogen) atoms. The highest BCUT2D eigenvalue weighted by Gasteiger charge is 2.30. The second-order valence-electron chi connectivity index (χ2n) is 3.20. The van der Waals surface area contributed by atoms with Crippen molar-refractivity contribution in [3.05, 3.63) is 35.4 Å². The van der Waals surface area contributed by atoms with Gasteiger partial charge in [0.2, 0.25) is 0 Å². The number of primary amides is 1. The van der Waals surface area contributed by atoms with E-state index >= 15 is 0 Å². The molecule has 0 aliphatic carbocycles. The number of amides is 1. The highest BCUT2D eigenvalue weighted by Crippen LogP contribution is 2.31. The van der Waals surface area contributed by atoms with Crippen LogP contribution in [0.2, 0.25) is 0 Å². The molecule has 0 bridgehead atoms. The molecule has 0 aliphatic rings. The van der Waals surface area contributed by atoms with E-state index in [4.69, 9.17) is 5.73 Å². The van der Waals surface area contributed by atoms with Crippen molar-refractivity contribution in [1.82, 2.24) is 0 Å². The number of alkyl halides is 3. The first kappa shape index (κ1) is 12.4. The number of halogens is 3. The van der Waals surface area contributed by atoms with Crippen LogP contribution in [0.4, 0.5) is 18.0 Å². The number of carbonyl (C=O) groups is 1. The van der Waals surface area contributed by atoms with E-state index in [0.717, 1.165) is 12.1 Å². The maximum Gasteiger partial charge on any atom is 0.416 e. The normalized spacial score (nSPS) is 13.2. The van der Waals surface area contributed by atoms with Crippen molar-refractivity contribution in [3.63, 3.8) is 0 Å². The molecule has 0 heterocycles. The van der Waals surface area contributed by atoms with E-state index < -0.39 is 23.9 Å². The summed E-state index contributed by atoms with van der Waals surface area (Å²) >= 11 is 0. The molecule has 0 saturated carbocycles. The van der Waals surface area contributed by atoms with Gasteiger partial charge in [0, 0.05) is 0 Å². The molecule has 2 N–H and O–H groups in total. The van der Waals surface area contributed by atoms with Gasteiger partial charge < -0.3 is 10.5 Å². The van der Waals surface area contributed by atoms with Gasteiger partial charge in [-0.2, -0.15) is 13.2 Å². The molecule has 1 rings (SSSR count). The maximum absolute atomic E-state index is 12.4. The molecule has 6 heteroatoms. The summed E-state index contributed by atoms with van der Waals surface area (Å²) < 4.78 is 41.7. The van der Waals surface area contributed by atoms with Gasteiger partial charge >= 0.3 is 12.3 Å². The molecule has 0 saturated heterocycles. The molecule has 0 spiro atoms. The summed E-state index contributed by atoms with van der Waals surface area (Å²) in [6, 6.07) is 4.55. The first-order valence-corrected chi connectivity index (χ1v) is 4.44. The number of carbonyl (C=O) groups excluding carboxylic acids is 1. The summed E-state index contributed by atoms with van der Waals surface area (Å²) in [6.07, 6.45) is -6.24. The lowest BCUT2D eigenvalue weighted by molar-refractivity contribution is -0.137. The van der Waals surface area contributed by atoms with Crippen LogP contribution >= 0.6 is 0 Å². The van der Waals surface area contributed by atoms with Crippen molar-refractivity contribution in [1.29, 1.82) is 0 Å². The van der Waals surface area contributed by atoms with Crippen molar-refractivity contribution < 1.29 is 22.7 Å². The maximum atomic E-state index is 12.4. The molecule has 1 amide bonds. The zero-order valence-corrected chi connectivity index (χ0v) is 8.41. The molecule has 1 aromatic carbocycles. The lowest BCUT2D eigenvalue weighted by Crippen LogP contribution is -2.16. The molecule has 88 valence electrons. The van der Waals surface area contributed by atoms with E-state index in [1.807, 2.05) is 0 Å². The Hall–Kier alpha value is -1.72. The zero-order valence-electron chi connectivity index (χ0n) is 8.41. The quantitative estimate of drug-likeness (QED) is 0.853. The Labute approximate surface area is 90.0 Å². The summed E-state index contributed by atoms with van der Waals surface area (Å²) in [5, 5.41) is 0. The second-order valence-corrected chi connectivity index (χ2v) is 3.20. The minimum atomic E-state index is -4.41. The lowest BCUT2D eigenvalue weighted by atomic mass is 10.1. The highest BCUT2D eigenvalue weighted by atomic mass is 19.4. The summed E-state index contributed by atoms with van der Waals surface area (Å²) in [7, 11) is 0. The molecular formula is C10H10F3NO2. The molecule has 1 aromatic rings. The molecule has 3 nitrogen and oxygen atoms in total. The van der Waals surface area contributed by atoms with Gasteiger partial charge in [0.25, 0.3) is 0 Å². The van der Waals surface area contributed by atoms with Gasteiger partial charge in [-0.05, 0) is 24.6 Å². The van der Waals surface area contributed by atoms with Gasteiger partial charge in [-0.25, -0.2) is 4.79 Å². The molecule has 0 fully saturated rings. The van der Waals surface area contributed by atoms with E-state index in [9.17, 15) is 18.0 Å². The minimum Gasteiger partial charge on any atom is -0.442 e. The third kappa shape index (κ3) is 3.15. The molecule has 1 atom stereocenters.